The van der Waals surface area contributed by atoms with Gasteiger partial charge in [0.2, 0.25) is 0 Å². The standard InChI is InChI=1S/C4H4BBrO2S.BH2O2/c6-4-2-1-3(9-4)5(7)8;2-1-3/h1-2,7-8H;2-3H. The normalized spacial score (nSPS) is 8.42. The van der Waals surface area contributed by atoms with E-state index in [4.69, 9.17) is 20.1 Å². The molecule has 1 radical (unpaired) electrons. The predicted molar refractivity (Wildman–Crippen MR) is 52.0 cm³/mol. The molecule has 0 saturated carbocycles. The highest BCUT2D eigenvalue weighted by Gasteiger charge is 2.12. The monoisotopic (exact) mass is 251 g/mol. The van der Waals surface area contributed by atoms with Crippen LogP contribution in [0.4, 0.5) is 0 Å². The molecule has 0 amide bonds. The van der Waals surface area contributed by atoms with Crippen molar-refractivity contribution >= 4 is 46.8 Å². The van der Waals surface area contributed by atoms with Crippen molar-refractivity contribution < 1.29 is 20.1 Å². The molecule has 0 saturated heterocycles. The van der Waals surface area contributed by atoms with E-state index >= 15 is 0 Å². The maximum Gasteiger partial charge on any atom is 0.499 e. The van der Waals surface area contributed by atoms with Crippen molar-refractivity contribution in [3.63, 3.8) is 0 Å². The fourth-order valence-electron chi connectivity index (χ4n) is 0.467. The molecule has 1 rings (SSSR count). The first-order valence-corrected chi connectivity index (χ1v) is 4.44. The molecule has 1 heterocycles. The molecule has 0 unspecified atom stereocenters. The zero-order valence-electron chi connectivity index (χ0n) is 5.88. The first kappa shape index (κ1) is 12.1. The molecule has 0 aliphatic carbocycles. The van der Waals surface area contributed by atoms with Gasteiger partial charge in [-0.1, -0.05) is 6.07 Å². The Kier molecular flexibility index (Phi) is 6.73. The van der Waals surface area contributed by atoms with Crippen molar-refractivity contribution in [2.45, 2.75) is 0 Å². The van der Waals surface area contributed by atoms with Gasteiger partial charge in [-0.25, -0.2) is 0 Å². The topological polar surface area (TPSA) is 80.9 Å². The Balaban J connectivity index is 0.000000354. The van der Waals surface area contributed by atoms with Crippen molar-refractivity contribution in [3.05, 3.63) is 15.9 Å². The minimum Gasteiger partial charge on any atom is -0.429 e. The fraction of sp³-hybridized carbons (Fsp3) is 0. The maximum absolute atomic E-state index is 8.58. The van der Waals surface area contributed by atoms with Crippen LogP contribution in [-0.4, -0.2) is 34.9 Å². The van der Waals surface area contributed by atoms with Crippen LogP contribution >= 0.6 is 27.3 Å². The van der Waals surface area contributed by atoms with Gasteiger partial charge in [0.25, 0.3) is 0 Å². The molecule has 12 heavy (non-hydrogen) atoms. The van der Waals surface area contributed by atoms with E-state index in [1.165, 1.54) is 11.3 Å². The second-order valence-electron chi connectivity index (χ2n) is 1.63. The SMILES string of the molecule is OB(O)c1ccc(Br)s1.O[B]O. The summed E-state index contributed by atoms with van der Waals surface area (Å²) < 4.78 is 1.47. The lowest BCUT2D eigenvalue weighted by molar-refractivity contribution is 0.427. The first-order chi connectivity index (χ1) is 5.61. The summed E-state index contributed by atoms with van der Waals surface area (Å²) >= 11 is 4.51. The lowest BCUT2D eigenvalue weighted by Crippen LogP contribution is -2.26. The van der Waals surface area contributed by atoms with E-state index in [1.54, 1.807) is 12.1 Å². The van der Waals surface area contributed by atoms with Crippen LogP contribution < -0.4 is 4.78 Å². The van der Waals surface area contributed by atoms with Gasteiger partial charge >= 0.3 is 14.8 Å². The number of hydrogen-bond acceptors (Lipinski definition) is 5. The Morgan fingerprint density at radius 1 is 1.33 bits per heavy atom. The van der Waals surface area contributed by atoms with Crippen LogP contribution in [0.3, 0.4) is 0 Å². The van der Waals surface area contributed by atoms with E-state index in [0.29, 0.717) is 4.78 Å². The quantitative estimate of drug-likeness (QED) is 0.468. The molecule has 4 nitrogen and oxygen atoms in total. The Morgan fingerprint density at radius 2 is 1.83 bits per heavy atom. The number of hydrogen-bond donors (Lipinski definition) is 4. The summed E-state index contributed by atoms with van der Waals surface area (Å²) in [5.41, 5.74) is 0. The van der Waals surface area contributed by atoms with Crippen molar-refractivity contribution in [2.75, 3.05) is 0 Å². The largest absolute Gasteiger partial charge is 0.499 e. The van der Waals surface area contributed by atoms with E-state index in [1.807, 2.05) is 0 Å². The summed E-state index contributed by atoms with van der Waals surface area (Å²) in [6, 6.07) is 3.44. The Labute approximate surface area is 83.1 Å². The number of halogens is 1. The summed E-state index contributed by atoms with van der Waals surface area (Å²) in [7, 11) is -1.33. The van der Waals surface area contributed by atoms with Crippen LogP contribution in [0.2, 0.25) is 0 Å². The van der Waals surface area contributed by atoms with Gasteiger partial charge in [0, 0.05) is 4.78 Å². The van der Waals surface area contributed by atoms with Gasteiger partial charge in [-0.15, -0.1) is 11.3 Å². The third-order valence-corrected chi connectivity index (χ3v) is 2.51. The summed E-state index contributed by atoms with van der Waals surface area (Å²) in [6.07, 6.45) is 0. The van der Waals surface area contributed by atoms with E-state index in [9.17, 15) is 0 Å². The lowest BCUT2D eigenvalue weighted by atomic mass is 9.90. The highest BCUT2D eigenvalue weighted by molar-refractivity contribution is 9.11. The third kappa shape index (κ3) is 4.91. The van der Waals surface area contributed by atoms with Gasteiger partial charge in [0.15, 0.2) is 0 Å². The van der Waals surface area contributed by atoms with Crippen LogP contribution in [0.15, 0.2) is 15.9 Å². The highest BCUT2D eigenvalue weighted by Crippen LogP contribution is 2.13. The zero-order valence-corrected chi connectivity index (χ0v) is 8.29. The van der Waals surface area contributed by atoms with Crippen LogP contribution in [0.25, 0.3) is 0 Å². The second kappa shape index (κ2) is 6.64. The number of rotatable bonds is 1. The van der Waals surface area contributed by atoms with E-state index in [0.717, 1.165) is 3.79 Å². The van der Waals surface area contributed by atoms with E-state index < -0.39 is 7.12 Å². The van der Waals surface area contributed by atoms with Gasteiger partial charge in [0.1, 0.15) is 0 Å². The predicted octanol–water partition coefficient (Wildman–Crippen LogP) is -1.30. The summed E-state index contributed by atoms with van der Waals surface area (Å²) in [6.45, 7) is 0. The molecule has 4 N–H and O–H groups in total. The Hall–Kier alpha value is 0.150. The van der Waals surface area contributed by atoms with E-state index in [-0.39, 0.29) is 7.69 Å². The molecule has 1 aromatic heterocycles. The zero-order chi connectivity index (χ0) is 9.56. The second-order valence-corrected chi connectivity index (χ2v) is 4.13. The molecule has 1 aromatic rings. The van der Waals surface area contributed by atoms with Crippen molar-refractivity contribution in [1.29, 1.82) is 0 Å². The summed E-state index contributed by atoms with van der Waals surface area (Å²) in [4.78, 5) is 0. The van der Waals surface area contributed by atoms with Crippen molar-refractivity contribution in [2.24, 2.45) is 0 Å². The molecule has 0 spiro atoms. The fourth-order valence-corrected chi connectivity index (χ4v) is 1.76. The molecule has 0 aliphatic rings. The van der Waals surface area contributed by atoms with Gasteiger partial charge in [-0.2, -0.15) is 0 Å². The minimum atomic E-state index is -1.33. The molecule has 8 heteroatoms. The van der Waals surface area contributed by atoms with Gasteiger partial charge < -0.3 is 20.1 Å². The molecule has 0 fully saturated rings. The molecular weight excluding hydrogens is 246 g/mol. The van der Waals surface area contributed by atoms with E-state index in [2.05, 4.69) is 15.9 Å². The third-order valence-electron chi connectivity index (χ3n) is 0.848. The van der Waals surface area contributed by atoms with Crippen LogP contribution in [0, 0.1) is 0 Å². The Morgan fingerprint density at radius 3 is 2.00 bits per heavy atom. The van der Waals surface area contributed by atoms with Gasteiger partial charge in [0.05, 0.1) is 3.79 Å². The molecular formula is C4H6B2BrO4S. The molecule has 0 atom stereocenters. The van der Waals surface area contributed by atoms with Crippen molar-refractivity contribution in [1.82, 2.24) is 0 Å². The summed E-state index contributed by atoms with van der Waals surface area (Å²) in [5.74, 6) is 0. The van der Waals surface area contributed by atoms with Crippen LogP contribution in [0.5, 0.6) is 0 Å². The Bertz CT molecular complexity index is 219. The van der Waals surface area contributed by atoms with Crippen LogP contribution in [-0.2, 0) is 0 Å². The lowest BCUT2D eigenvalue weighted by Gasteiger charge is -1.87. The maximum atomic E-state index is 8.58. The molecule has 0 bridgehead atoms. The minimum absolute atomic E-state index is 0. The molecule has 0 aliphatic heterocycles. The first-order valence-electron chi connectivity index (χ1n) is 2.83. The number of thiophene rings is 1. The molecule has 0 aromatic carbocycles. The smallest absolute Gasteiger partial charge is 0.429 e. The van der Waals surface area contributed by atoms with Gasteiger partial charge in [-0.3, -0.25) is 0 Å². The van der Waals surface area contributed by atoms with Crippen LogP contribution in [0.1, 0.15) is 0 Å². The average Bonchev–Trinajstić information content (AvgIpc) is 2.37. The average molecular weight is 252 g/mol. The van der Waals surface area contributed by atoms with Crippen molar-refractivity contribution in [3.8, 4) is 0 Å². The molecule has 65 valence electrons. The van der Waals surface area contributed by atoms with Gasteiger partial charge in [-0.05, 0) is 22.0 Å². The highest BCUT2D eigenvalue weighted by atomic mass is 79.9. The summed E-state index contributed by atoms with van der Waals surface area (Å²) in [5, 5.41) is 31.2.